The molecule has 1 saturated heterocycles. The van der Waals surface area contributed by atoms with Crippen LogP contribution in [0.2, 0.25) is 0 Å². The van der Waals surface area contributed by atoms with Crippen molar-refractivity contribution in [3.63, 3.8) is 0 Å². The molecule has 0 unspecified atom stereocenters. The van der Waals surface area contributed by atoms with Crippen molar-refractivity contribution in [3.8, 4) is 5.75 Å². The van der Waals surface area contributed by atoms with Gasteiger partial charge in [0.1, 0.15) is 6.61 Å². The van der Waals surface area contributed by atoms with E-state index in [0.29, 0.717) is 5.03 Å². The van der Waals surface area contributed by atoms with Gasteiger partial charge in [-0.15, -0.1) is 0 Å². The number of carbonyl (C=O) groups excluding carboxylic acids is 3. The molecule has 1 aromatic carbocycles. The molecule has 1 heterocycles. The molecule has 0 aromatic heterocycles. The molecule has 0 N–H and O–H groups in total. The molecular weight excluding hydrogens is 365 g/mol. The lowest BCUT2D eigenvalue weighted by molar-refractivity contribution is -0.137. The van der Waals surface area contributed by atoms with Gasteiger partial charge in [0.25, 0.3) is 0 Å². The lowest BCUT2D eigenvalue weighted by atomic mass is 10.2. The van der Waals surface area contributed by atoms with Crippen molar-refractivity contribution in [2.45, 2.75) is 6.92 Å². The van der Waals surface area contributed by atoms with E-state index in [1.54, 1.807) is 6.92 Å². The highest BCUT2D eigenvalue weighted by Gasteiger charge is 2.27. The van der Waals surface area contributed by atoms with Gasteiger partial charge in [-0.25, -0.2) is 14.0 Å². The van der Waals surface area contributed by atoms with E-state index in [1.807, 2.05) is 0 Å². The van der Waals surface area contributed by atoms with Gasteiger partial charge in [0, 0.05) is 0 Å². The lowest BCUT2D eigenvalue weighted by Gasteiger charge is -2.16. The summed E-state index contributed by atoms with van der Waals surface area (Å²) in [6.07, 6.45) is 1.24. The highest BCUT2D eigenvalue weighted by Crippen LogP contribution is 2.28. The van der Waals surface area contributed by atoms with Crippen LogP contribution in [0.4, 0.5) is 4.39 Å². The summed E-state index contributed by atoms with van der Waals surface area (Å²) in [4.78, 5) is 36.7. The summed E-state index contributed by atoms with van der Waals surface area (Å²) in [5.41, 5.74) is 0.0349. The maximum absolute atomic E-state index is 13.6. The van der Waals surface area contributed by atoms with Crippen LogP contribution in [0.25, 0.3) is 0 Å². The second-order valence-corrected chi connectivity index (χ2v) is 6.05. The highest BCUT2D eigenvalue weighted by molar-refractivity contribution is 8.04. The zero-order valence-electron chi connectivity index (χ0n) is 14.3. The van der Waals surface area contributed by atoms with Gasteiger partial charge in [-0.2, -0.15) is 0 Å². The SMILES string of the molecule is CCOC(=O)/C=C1\SCC(=O)N1CCOC(=O)c1ccc(OC)c(F)c1. The average Bonchev–Trinajstić information content (AvgIpc) is 2.95. The van der Waals surface area contributed by atoms with Crippen molar-refractivity contribution in [1.82, 2.24) is 4.90 Å². The van der Waals surface area contributed by atoms with Crippen LogP contribution in [-0.2, 0) is 19.1 Å². The van der Waals surface area contributed by atoms with E-state index in [-0.39, 0.29) is 42.7 Å². The van der Waals surface area contributed by atoms with Crippen molar-refractivity contribution < 1.29 is 33.0 Å². The summed E-state index contributed by atoms with van der Waals surface area (Å²) < 4.78 is 28.3. The number of benzene rings is 1. The van der Waals surface area contributed by atoms with E-state index in [9.17, 15) is 18.8 Å². The van der Waals surface area contributed by atoms with Gasteiger partial charge < -0.3 is 19.1 Å². The number of rotatable bonds is 7. The Balaban J connectivity index is 1.93. The van der Waals surface area contributed by atoms with Crippen LogP contribution >= 0.6 is 11.8 Å². The Morgan fingerprint density at radius 2 is 2.12 bits per heavy atom. The molecule has 0 saturated carbocycles. The first-order valence-corrected chi connectivity index (χ1v) is 8.77. The second-order valence-electron chi connectivity index (χ2n) is 5.05. The minimum Gasteiger partial charge on any atom is -0.494 e. The number of halogens is 1. The minimum atomic E-state index is -0.721. The second kappa shape index (κ2) is 9.23. The monoisotopic (exact) mass is 383 g/mol. The van der Waals surface area contributed by atoms with Crippen LogP contribution < -0.4 is 4.74 Å². The maximum atomic E-state index is 13.6. The number of amides is 1. The Morgan fingerprint density at radius 1 is 1.35 bits per heavy atom. The quantitative estimate of drug-likeness (QED) is 0.526. The normalized spacial score (nSPS) is 15.3. The first-order valence-electron chi connectivity index (χ1n) is 7.78. The molecule has 0 spiro atoms. The maximum Gasteiger partial charge on any atom is 0.338 e. The zero-order chi connectivity index (χ0) is 19.1. The van der Waals surface area contributed by atoms with Crippen LogP contribution in [0.15, 0.2) is 29.3 Å². The van der Waals surface area contributed by atoms with Crippen LogP contribution in [0.3, 0.4) is 0 Å². The summed E-state index contributed by atoms with van der Waals surface area (Å²) in [6, 6.07) is 3.73. The van der Waals surface area contributed by atoms with E-state index in [0.717, 1.165) is 6.07 Å². The largest absolute Gasteiger partial charge is 0.494 e. The third-order valence-corrected chi connectivity index (χ3v) is 4.40. The first-order chi connectivity index (χ1) is 12.5. The van der Waals surface area contributed by atoms with Crippen molar-refractivity contribution in [2.24, 2.45) is 0 Å². The van der Waals surface area contributed by atoms with E-state index < -0.39 is 17.8 Å². The molecule has 9 heteroatoms. The standard InChI is InChI=1S/C17H18FNO6S/c1-3-24-16(21)9-15-19(14(20)10-26-15)6-7-25-17(22)11-4-5-13(23-2)12(18)8-11/h4-5,8-9H,3,6-7,10H2,1-2H3/b15-9-. The number of esters is 2. The Kier molecular flexibility index (Phi) is 7.02. The van der Waals surface area contributed by atoms with Crippen molar-refractivity contribution in [2.75, 3.05) is 32.6 Å². The van der Waals surface area contributed by atoms with Gasteiger partial charge >= 0.3 is 11.9 Å². The molecule has 1 fully saturated rings. The predicted octanol–water partition coefficient (Wildman–Crippen LogP) is 1.97. The number of thioether (sulfide) groups is 1. The van der Waals surface area contributed by atoms with E-state index in [2.05, 4.69) is 0 Å². The van der Waals surface area contributed by atoms with E-state index >= 15 is 0 Å². The molecular formula is C17H18FNO6S. The molecule has 26 heavy (non-hydrogen) atoms. The molecule has 1 aliphatic rings. The Hall–Kier alpha value is -2.55. The Morgan fingerprint density at radius 3 is 2.77 bits per heavy atom. The number of carbonyl (C=O) groups is 3. The smallest absolute Gasteiger partial charge is 0.338 e. The van der Waals surface area contributed by atoms with Crippen LogP contribution in [0.5, 0.6) is 5.75 Å². The minimum absolute atomic E-state index is 0.0231. The van der Waals surface area contributed by atoms with Gasteiger partial charge in [-0.1, -0.05) is 11.8 Å². The summed E-state index contributed by atoms with van der Waals surface area (Å²) in [5, 5.41) is 0.444. The van der Waals surface area contributed by atoms with Crippen LogP contribution in [0, 0.1) is 5.82 Å². The number of nitrogens with zero attached hydrogens (tertiary/aromatic N) is 1. The van der Waals surface area contributed by atoms with Crippen molar-refractivity contribution >= 4 is 29.6 Å². The molecule has 0 radical (unpaired) electrons. The topological polar surface area (TPSA) is 82.1 Å². The summed E-state index contributed by atoms with van der Waals surface area (Å²) in [5.74, 6) is -1.91. The third-order valence-electron chi connectivity index (χ3n) is 3.37. The molecule has 0 atom stereocenters. The summed E-state index contributed by atoms with van der Waals surface area (Å²) in [7, 11) is 1.32. The average molecular weight is 383 g/mol. The van der Waals surface area contributed by atoms with Gasteiger partial charge in [-0.05, 0) is 25.1 Å². The molecule has 1 aliphatic heterocycles. The Bertz CT molecular complexity index is 736. The fraction of sp³-hybridized carbons (Fsp3) is 0.353. The molecule has 1 aromatic rings. The molecule has 140 valence electrons. The number of hydrogen-bond acceptors (Lipinski definition) is 7. The summed E-state index contributed by atoms with van der Waals surface area (Å²) >= 11 is 1.21. The number of methoxy groups -OCH3 is 1. The lowest BCUT2D eigenvalue weighted by Crippen LogP contribution is -2.29. The molecule has 7 nitrogen and oxygen atoms in total. The van der Waals surface area contributed by atoms with Gasteiger partial charge in [0.15, 0.2) is 11.6 Å². The van der Waals surface area contributed by atoms with Gasteiger partial charge in [-0.3, -0.25) is 4.79 Å². The van der Waals surface area contributed by atoms with Crippen LogP contribution in [0.1, 0.15) is 17.3 Å². The van der Waals surface area contributed by atoms with E-state index in [1.165, 1.54) is 42.0 Å². The van der Waals surface area contributed by atoms with Crippen molar-refractivity contribution in [1.29, 1.82) is 0 Å². The fourth-order valence-electron chi connectivity index (χ4n) is 2.16. The van der Waals surface area contributed by atoms with Crippen molar-refractivity contribution in [3.05, 3.63) is 40.7 Å². The third kappa shape index (κ3) is 4.98. The zero-order valence-corrected chi connectivity index (χ0v) is 15.1. The van der Waals surface area contributed by atoms with E-state index in [4.69, 9.17) is 14.2 Å². The number of hydrogen-bond donors (Lipinski definition) is 0. The molecule has 0 bridgehead atoms. The van der Waals surface area contributed by atoms with Crippen LogP contribution in [-0.4, -0.2) is 55.4 Å². The number of ether oxygens (including phenoxy) is 3. The highest BCUT2D eigenvalue weighted by atomic mass is 32.2. The molecule has 2 rings (SSSR count). The first kappa shape index (κ1) is 19.8. The summed E-state index contributed by atoms with van der Waals surface area (Å²) in [6.45, 7) is 1.90. The molecule has 1 amide bonds. The predicted molar refractivity (Wildman–Crippen MR) is 92.1 cm³/mol. The molecule has 0 aliphatic carbocycles. The Labute approximate surface area is 154 Å². The fourth-order valence-corrected chi connectivity index (χ4v) is 3.12. The van der Waals surface area contributed by atoms with Gasteiger partial charge in [0.2, 0.25) is 5.91 Å². The van der Waals surface area contributed by atoms with Gasteiger partial charge in [0.05, 0.1) is 42.7 Å².